The summed E-state index contributed by atoms with van der Waals surface area (Å²) < 4.78 is 63.9. The molecule has 6 heterocycles. The Kier molecular flexibility index (Phi) is 7.96. The molecule has 3 saturated heterocycles. The molecule has 0 saturated carbocycles. The number of aromatic nitrogens is 6. The first-order chi connectivity index (χ1) is 19.5. The van der Waals surface area contributed by atoms with Gasteiger partial charge in [-0.3, -0.25) is 18.1 Å². The first-order valence-electron chi connectivity index (χ1n) is 11.9. The number of hydrogen-bond donors (Lipinski definition) is 5. The lowest BCUT2D eigenvalue weighted by Crippen LogP contribution is -2.35. The predicted octanol–water partition coefficient (Wildman–Crippen LogP) is 0.619. The number of imidazole rings is 2. The second kappa shape index (κ2) is 11.2. The lowest BCUT2D eigenvalue weighted by Gasteiger charge is -2.25. The maximum atomic E-state index is 15.9. The van der Waals surface area contributed by atoms with Gasteiger partial charge in [0.15, 0.2) is 29.7 Å². The summed E-state index contributed by atoms with van der Waals surface area (Å²) in [5.41, 5.74) is 6.22. The minimum absolute atomic E-state index is 0.0721. The van der Waals surface area contributed by atoms with Crippen molar-refractivity contribution in [3.05, 3.63) is 30.9 Å². The number of hydrogen-bond acceptors (Lipinski definition) is 14. The number of fused-ring (bicyclic) bond motifs is 4. The Labute approximate surface area is 241 Å². The van der Waals surface area contributed by atoms with E-state index in [9.17, 15) is 14.6 Å². The van der Waals surface area contributed by atoms with Gasteiger partial charge in [0.2, 0.25) is 0 Å². The van der Waals surface area contributed by atoms with Gasteiger partial charge in [-0.2, -0.15) is 0 Å². The number of anilines is 1. The van der Waals surface area contributed by atoms with E-state index >= 15 is 4.39 Å². The van der Waals surface area contributed by atoms with Gasteiger partial charge in [0.1, 0.15) is 48.5 Å². The van der Waals surface area contributed by atoms with Crippen LogP contribution in [0.5, 0.6) is 0 Å². The molecule has 16 nitrogen and oxygen atoms in total. The Balaban J connectivity index is 1.28. The van der Waals surface area contributed by atoms with Gasteiger partial charge in [-0.25, -0.2) is 28.9 Å². The maximum Gasteiger partial charge on any atom is 0.386 e. The molecular weight excluding hydrogens is 627 g/mol. The molecule has 3 fully saturated rings. The van der Waals surface area contributed by atoms with Gasteiger partial charge >= 0.3 is 13.5 Å². The van der Waals surface area contributed by atoms with E-state index in [4.69, 9.17) is 45.1 Å². The fourth-order valence-corrected chi connectivity index (χ4v) is 7.42. The molecule has 5 N–H and O–H groups in total. The summed E-state index contributed by atoms with van der Waals surface area (Å²) in [6.07, 6.45) is -5.79. The summed E-state index contributed by atoms with van der Waals surface area (Å²) in [5.74, 6) is 5.83. The third-order valence-electron chi connectivity index (χ3n) is 6.41. The van der Waals surface area contributed by atoms with Gasteiger partial charge in [-0.05, 0) is 17.7 Å². The highest BCUT2D eigenvalue weighted by molar-refractivity contribution is 8.44. The van der Waals surface area contributed by atoms with Gasteiger partial charge in [0.05, 0.1) is 19.5 Å². The van der Waals surface area contributed by atoms with Gasteiger partial charge in [-0.1, -0.05) is 18.2 Å². The van der Waals surface area contributed by atoms with Crippen molar-refractivity contribution in [2.24, 2.45) is 0 Å². The second-order valence-corrected chi connectivity index (χ2v) is 14.7. The van der Waals surface area contributed by atoms with Gasteiger partial charge in [0, 0.05) is 12.4 Å². The van der Waals surface area contributed by atoms with Crippen LogP contribution in [0.2, 0.25) is 0 Å². The van der Waals surface area contributed by atoms with E-state index < -0.39 is 75.8 Å². The molecule has 0 radical (unpaired) electrons. The van der Waals surface area contributed by atoms with Crippen molar-refractivity contribution in [2.45, 2.75) is 49.0 Å². The third kappa shape index (κ3) is 5.93. The number of rotatable bonds is 1. The maximum absolute atomic E-state index is 15.9. The zero-order valence-corrected chi connectivity index (χ0v) is 24.0. The molecule has 6 rings (SSSR count). The topological polar surface area (TPSA) is 211 Å². The van der Waals surface area contributed by atoms with Crippen LogP contribution in [0.25, 0.3) is 11.2 Å². The number of aromatic amines is 1. The number of nitrogens with one attached hydrogen (secondary N) is 1. The first-order valence-corrected chi connectivity index (χ1v) is 17.2. The van der Waals surface area contributed by atoms with Crippen molar-refractivity contribution in [3.63, 3.8) is 0 Å². The van der Waals surface area contributed by atoms with Crippen LogP contribution in [0.1, 0.15) is 12.1 Å². The van der Waals surface area contributed by atoms with Gasteiger partial charge in [0.25, 0.3) is 0 Å². The Hall–Kier alpha value is -2.04. The van der Waals surface area contributed by atoms with Crippen LogP contribution >= 0.6 is 25.8 Å². The molecule has 2 bridgehead atoms. The largest absolute Gasteiger partial charge is 0.387 e. The second-order valence-electron chi connectivity index (χ2n) is 9.05. The number of H-pyrrole nitrogens is 1. The Morgan fingerprint density at radius 3 is 2.76 bits per heavy atom. The molecule has 0 aromatic carbocycles. The van der Waals surface area contributed by atoms with Crippen LogP contribution in [-0.4, -0.2) is 95.5 Å². The SMILES string of the molecule is Nc1ncnc2c1ncn2[C@@H]1O[C@@H]2COP(=O)(S)O[C@@H]3[C@H](O)[C@@H](COP(O)(=S)O[C@H]2[C@H]1F)O[C@H]3C#Cc1ncc[nH]1. The molecule has 3 aliphatic heterocycles. The third-order valence-corrected chi connectivity index (χ3v) is 9.58. The molecule has 41 heavy (non-hydrogen) atoms. The van der Waals surface area contributed by atoms with Crippen LogP contribution in [0.15, 0.2) is 25.0 Å². The highest BCUT2D eigenvalue weighted by Gasteiger charge is 2.52. The van der Waals surface area contributed by atoms with E-state index in [1.54, 1.807) is 6.20 Å². The molecular formula is C20H22FN7O9P2S2. The van der Waals surface area contributed by atoms with E-state index in [1.165, 1.54) is 23.4 Å². The number of halogens is 1. The quantitative estimate of drug-likeness (QED) is 0.139. The number of alkyl halides is 1. The number of aliphatic hydroxyl groups is 1. The standard InChI is InChI=1S/C20H22FN7O9P2S2/c21-13-16-11(35-20(13)28-8-27-14-18(22)25-7-26-19(14)28)6-33-39(31,41)37-17-9(1-2-12-23-3-4-24-12)34-10(15(17)29)5-32-38(30,40)36-16/h3-4,7-11,13,15-17,20,29H,5-6H2,(H,23,24)(H,30,40)(H,31,41)(H2,22,25,26)/t9-,10+,11+,13+,15+,16+,17-,20+,38?,39?/m0/s1. The van der Waals surface area contributed by atoms with Crippen LogP contribution in [0.4, 0.5) is 10.2 Å². The van der Waals surface area contributed by atoms with Crippen molar-refractivity contribution in [1.29, 1.82) is 0 Å². The molecule has 10 atom stereocenters. The normalized spacial score (nSPS) is 39.7. The summed E-state index contributed by atoms with van der Waals surface area (Å²) in [5, 5.41) is 10.9. The minimum atomic E-state index is -4.25. The van der Waals surface area contributed by atoms with Crippen LogP contribution in [0.3, 0.4) is 0 Å². The van der Waals surface area contributed by atoms with Crippen LogP contribution in [0, 0.1) is 11.8 Å². The van der Waals surface area contributed by atoms with Gasteiger partial charge in [-0.15, -0.1) is 0 Å². The number of ether oxygens (including phenoxy) is 2. The lowest BCUT2D eigenvalue weighted by molar-refractivity contribution is -0.0442. The van der Waals surface area contributed by atoms with Crippen LogP contribution < -0.4 is 5.73 Å². The fraction of sp³-hybridized carbons (Fsp3) is 0.500. The molecule has 3 aromatic rings. The monoisotopic (exact) mass is 649 g/mol. The zero-order valence-electron chi connectivity index (χ0n) is 20.5. The average Bonchev–Trinajstić information content (AvgIpc) is 3.70. The van der Waals surface area contributed by atoms with Crippen molar-refractivity contribution in [3.8, 4) is 11.8 Å². The Bertz CT molecular complexity index is 1590. The van der Waals surface area contributed by atoms with E-state index in [-0.39, 0.29) is 17.0 Å². The van der Waals surface area contributed by atoms with Crippen molar-refractivity contribution in [1.82, 2.24) is 29.5 Å². The molecule has 3 aliphatic rings. The summed E-state index contributed by atoms with van der Waals surface area (Å²) in [4.78, 5) is 29.7. The van der Waals surface area contributed by atoms with Crippen molar-refractivity contribution < 1.29 is 46.5 Å². The predicted molar refractivity (Wildman–Crippen MR) is 143 cm³/mol. The molecule has 21 heteroatoms. The first kappa shape index (κ1) is 29.1. The number of nitrogens with zero attached hydrogens (tertiary/aromatic N) is 5. The molecule has 0 spiro atoms. The summed E-state index contributed by atoms with van der Waals surface area (Å²) in [6.45, 7) is -9.50. The molecule has 3 aromatic heterocycles. The average molecular weight is 650 g/mol. The molecule has 2 unspecified atom stereocenters. The Morgan fingerprint density at radius 2 is 1.98 bits per heavy atom. The van der Waals surface area contributed by atoms with Crippen molar-refractivity contribution in [2.75, 3.05) is 18.9 Å². The molecule has 220 valence electrons. The van der Waals surface area contributed by atoms with Crippen molar-refractivity contribution >= 4 is 54.6 Å². The lowest BCUT2D eigenvalue weighted by atomic mass is 10.1. The molecule has 0 amide bonds. The highest BCUT2D eigenvalue weighted by atomic mass is 32.7. The fourth-order valence-electron chi connectivity index (χ4n) is 4.52. The zero-order chi connectivity index (χ0) is 28.9. The smallest absolute Gasteiger partial charge is 0.386 e. The van der Waals surface area contributed by atoms with E-state index in [0.717, 1.165) is 0 Å². The van der Waals surface area contributed by atoms with Crippen LogP contribution in [-0.2, 0) is 43.9 Å². The highest BCUT2D eigenvalue weighted by Crippen LogP contribution is 2.57. The van der Waals surface area contributed by atoms with E-state index in [0.29, 0.717) is 5.82 Å². The van der Waals surface area contributed by atoms with Gasteiger partial charge < -0.3 is 34.7 Å². The number of nitrogens with two attached hydrogens (primary N) is 1. The summed E-state index contributed by atoms with van der Waals surface area (Å²) >= 11 is 9.15. The number of thiol groups is 1. The van der Waals surface area contributed by atoms with E-state index in [2.05, 4.69) is 49.0 Å². The van der Waals surface area contributed by atoms with E-state index in [1.807, 2.05) is 0 Å². The number of nitrogen functional groups attached to an aromatic ring is 1. The minimum Gasteiger partial charge on any atom is -0.387 e. The summed E-state index contributed by atoms with van der Waals surface area (Å²) in [6, 6.07) is 0. The number of aliphatic hydroxyl groups excluding tert-OH is 1. The molecule has 0 aliphatic carbocycles. The Morgan fingerprint density at radius 1 is 1.17 bits per heavy atom. The summed E-state index contributed by atoms with van der Waals surface area (Å²) in [7, 11) is 0.